The van der Waals surface area contributed by atoms with Crippen LogP contribution in [0.15, 0.2) is 0 Å². The minimum Gasteiger partial charge on any atom is -0.480 e. The third-order valence-electron chi connectivity index (χ3n) is 2.58. The molecule has 0 aromatic carbocycles. The number of carboxylic acids is 1. The molecule has 0 amide bonds. The first kappa shape index (κ1) is 11.5. The summed E-state index contributed by atoms with van der Waals surface area (Å²) >= 11 is 0. The predicted molar refractivity (Wildman–Crippen MR) is 51.3 cm³/mol. The maximum atomic E-state index is 11.1. The van der Waals surface area contributed by atoms with Gasteiger partial charge in [0.15, 0.2) is 5.75 Å². The molecule has 0 heterocycles. The molecule has 0 aromatic heterocycles. The summed E-state index contributed by atoms with van der Waals surface area (Å²) in [7, 11) is -3.64. The zero-order valence-electron chi connectivity index (χ0n) is 8.28. The molecule has 0 aromatic rings. The Bertz CT molecular complexity index is 333. The third kappa shape index (κ3) is 3.26. The van der Waals surface area contributed by atoms with E-state index in [0.717, 1.165) is 6.42 Å². The van der Waals surface area contributed by atoms with Crippen molar-refractivity contribution in [3.05, 3.63) is 0 Å². The Kier molecular flexibility index (Phi) is 2.87. The standard InChI is InChI=1S/C8H15NO4S/c1-8(2)3-6(8)4-9-14(12,13)5-7(10)11/h6,9H,3-5H2,1-2H3,(H,10,11). The van der Waals surface area contributed by atoms with Crippen LogP contribution in [0, 0.1) is 11.3 Å². The summed E-state index contributed by atoms with van der Waals surface area (Å²) in [6.45, 7) is 4.47. The van der Waals surface area contributed by atoms with Crippen molar-refractivity contribution in [2.75, 3.05) is 12.3 Å². The smallest absolute Gasteiger partial charge is 0.320 e. The van der Waals surface area contributed by atoms with E-state index >= 15 is 0 Å². The fourth-order valence-electron chi connectivity index (χ4n) is 1.37. The molecule has 1 atom stereocenters. The highest BCUT2D eigenvalue weighted by molar-refractivity contribution is 7.90. The maximum Gasteiger partial charge on any atom is 0.320 e. The number of sulfonamides is 1. The molecule has 0 bridgehead atoms. The van der Waals surface area contributed by atoms with Crippen LogP contribution in [-0.2, 0) is 14.8 Å². The fraction of sp³-hybridized carbons (Fsp3) is 0.875. The van der Waals surface area contributed by atoms with E-state index in [2.05, 4.69) is 18.6 Å². The molecule has 0 radical (unpaired) electrons. The second-order valence-electron chi connectivity index (χ2n) is 4.39. The second-order valence-corrected chi connectivity index (χ2v) is 6.20. The lowest BCUT2D eigenvalue weighted by atomic mass is 10.1. The monoisotopic (exact) mass is 221 g/mol. The van der Waals surface area contributed by atoms with E-state index in [4.69, 9.17) is 5.11 Å². The average molecular weight is 221 g/mol. The molecule has 6 heteroatoms. The second kappa shape index (κ2) is 3.51. The summed E-state index contributed by atoms with van der Waals surface area (Å²) in [5.74, 6) is -1.83. The van der Waals surface area contributed by atoms with Gasteiger partial charge in [0.1, 0.15) is 0 Å². The molecule has 14 heavy (non-hydrogen) atoms. The van der Waals surface area contributed by atoms with E-state index in [-0.39, 0.29) is 5.41 Å². The average Bonchev–Trinajstić information content (AvgIpc) is 2.52. The molecule has 1 saturated carbocycles. The predicted octanol–water partition coefficient (Wildman–Crippen LogP) is 0.0365. The van der Waals surface area contributed by atoms with Crippen LogP contribution in [-0.4, -0.2) is 31.8 Å². The molecule has 0 aliphatic heterocycles. The number of rotatable bonds is 5. The van der Waals surface area contributed by atoms with Crippen LogP contribution >= 0.6 is 0 Å². The Morgan fingerprint density at radius 3 is 2.43 bits per heavy atom. The highest BCUT2D eigenvalue weighted by Crippen LogP contribution is 2.51. The Hall–Kier alpha value is -0.620. The largest absolute Gasteiger partial charge is 0.480 e. The van der Waals surface area contributed by atoms with Crippen molar-refractivity contribution in [2.45, 2.75) is 20.3 Å². The third-order valence-corrected chi connectivity index (χ3v) is 3.81. The molecule has 1 fully saturated rings. The van der Waals surface area contributed by atoms with E-state index < -0.39 is 21.7 Å². The van der Waals surface area contributed by atoms with Gasteiger partial charge in [-0.15, -0.1) is 0 Å². The fourth-order valence-corrected chi connectivity index (χ4v) is 2.25. The van der Waals surface area contributed by atoms with E-state index in [0.29, 0.717) is 12.5 Å². The first-order valence-corrected chi connectivity index (χ1v) is 6.07. The topological polar surface area (TPSA) is 83.5 Å². The number of hydrogen-bond acceptors (Lipinski definition) is 3. The lowest BCUT2D eigenvalue weighted by Gasteiger charge is -2.05. The van der Waals surface area contributed by atoms with Crippen LogP contribution in [0.4, 0.5) is 0 Å². The van der Waals surface area contributed by atoms with Crippen LogP contribution in [0.2, 0.25) is 0 Å². The molecule has 0 spiro atoms. The van der Waals surface area contributed by atoms with E-state index in [1.54, 1.807) is 0 Å². The molecule has 0 saturated heterocycles. The van der Waals surface area contributed by atoms with E-state index in [1.807, 2.05) is 0 Å². The molecule has 5 nitrogen and oxygen atoms in total. The zero-order chi connectivity index (χ0) is 11.0. The highest BCUT2D eigenvalue weighted by Gasteiger charge is 2.45. The zero-order valence-corrected chi connectivity index (χ0v) is 9.10. The molecule has 1 rings (SSSR count). The number of hydrogen-bond donors (Lipinski definition) is 2. The summed E-state index contributed by atoms with van der Waals surface area (Å²) in [5.41, 5.74) is 0.200. The molecule has 82 valence electrons. The van der Waals surface area contributed by atoms with Crippen LogP contribution in [0.1, 0.15) is 20.3 Å². The lowest BCUT2D eigenvalue weighted by molar-refractivity contribution is -0.134. The van der Waals surface area contributed by atoms with Crippen molar-refractivity contribution >= 4 is 16.0 Å². The molecule has 2 N–H and O–H groups in total. The molecule has 1 aliphatic rings. The quantitative estimate of drug-likeness (QED) is 0.686. The summed E-state index contributed by atoms with van der Waals surface area (Å²) < 4.78 is 24.5. The van der Waals surface area contributed by atoms with Crippen LogP contribution < -0.4 is 4.72 Å². The Labute approximate surface area is 83.6 Å². The van der Waals surface area contributed by atoms with Crippen molar-refractivity contribution in [1.29, 1.82) is 0 Å². The number of aliphatic carboxylic acids is 1. The van der Waals surface area contributed by atoms with Gasteiger partial charge in [-0.25, -0.2) is 13.1 Å². The van der Waals surface area contributed by atoms with Crippen molar-refractivity contribution < 1.29 is 18.3 Å². The van der Waals surface area contributed by atoms with Gasteiger partial charge in [0.2, 0.25) is 10.0 Å². The van der Waals surface area contributed by atoms with Crippen LogP contribution in [0.3, 0.4) is 0 Å². The van der Waals surface area contributed by atoms with Crippen LogP contribution in [0.25, 0.3) is 0 Å². The first-order valence-electron chi connectivity index (χ1n) is 4.42. The van der Waals surface area contributed by atoms with E-state index in [1.165, 1.54) is 0 Å². The van der Waals surface area contributed by atoms with Gasteiger partial charge in [-0.1, -0.05) is 13.8 Å². The van der Waals surface area contributed by atoms with Crippen LogP contribution in [0.5, 0.6) is 0 Å². The normalized spacial score (nSPS) is 24.6. The minimum atomic E-state index is -3.64. The van der Waals surface area contributed by atoms with Gasteiger partial charge < -0.3 is 5.11 Å². The Morgan fingerprint density at radius 2 is 2.07 bits per heavy atom. The highest BCUT2D eigenvalue weighted by atomic mass is 32.2. The van der Waals surface area contributed by atoms with Crippen molar-refractivity contribution in [1.82, 2.24) is 4.72 Å². The van der Waals surface area contributed by atoms with Crippen molar-refractivity contribution in [3.8, 4) is 0 Å². The molecule has 1 aliphatic carbocycles. The lowest BCUT2D eigenvalue weighted by Crippen LogP contribution is -2.32. The first-order chi connectivity index (χ1) is 6.23. The number of carbonyl (C=O) groups is 1. The van der Waals surface area contributed by atoms with Gasteiger partial charge in [0, 0.05) is 6.54 Å². The maximum absolute atomic E-state index is 11.1. The van der Waals surface area contributed by atoms with Gasteiger partial charge in [0.25, 0.3) is 0 Å². The van der Waals surface area contributed by atoms with Gasteiger partial charge >= 0.3 is 5.97 Å². The molecule has 1 unspecified atom stereocenters. The summed E-state index contributed by atoms with van der Waals surface area (Å²) in [5, 5.41) is 8.31. The van der Waals surface area contributed by atoms with Gasteiger partial charge in [-0.05, 0) is 17.8 Å². The molecular formula is C8H15NO4S. The Balaban J connectivity index is 2.35. The van der Waals surface area contributed by atoms with Gasteiger partial charge in [-0.2, -0.15) is 0 Å². The van der Waals surface area contributed by atoms with E-state index in [9.17, 15) is 13.2 Å². The van der Waals surface area contributed by atoms with Crippen molar-refractivity contribution in [3.63, 3.8) is 0 Å². The molecular weight excluding hydrogens is 206 g/mol. The summed E-state index contributed by atoms with van der Waals surface area (Å²) in [4.78, 5) is 10.2. The van der Waals surface area contributed by atoms with Gasteiger partial charge in [0.05, 0.1) is 0 Å². The number of nitrogens with one attached hydrogen (secondary N) is 1. The van der Waals surface area contributed by atoms with Gasteiger partial charge in [-0.3, -0.25) is 4.79 Å². The number of carboxylic acid groups (broad SMARTS) is 1. The summed E-state index contributed by atoms with van der Waals surface area (Å²) in [6.07, 6.45) is 0.989. The SMILES string of the molecule is CC1(C)CC1CNS(=O)(=O)CC(=O)O. The summed E-state index contributed by atoms with van der Waals surface area (Å²) in [6, 6.07) is 0. The minimum absolute atomic E-state index is 0.200. The van der Waals surface area contributed by atoms with Crippen molar-refractivity contribution in [2.24, 2.45) is 11.3 Å². The Morgan fingerprint density at radius 1 is 1.57 bits per heavy atom.